The maximum absolute atomic E-state index is 11.2. The van der Waals surface area contributed by atoms with Gasteiger partial charge in [0.15, 0.2) is 5.58 Å². The molecule has 8 heteroatoms. The maximum atomic E-state index is 11.2. The van der Waals surface area contributed by atoms with Crippen LogP contribution in [0, 0.1) is 0 Å². The minimum absolute atomic E-state index is 0.0998. The summed E-state index contributed by atoms with van der Waals surface area (Å²) >= 11 is 7.25. The van der Waals surface area contributed by atoms with Gasteiger partial charge in [0.25, 0.3) is 5.22 Å². The van der Waals surface area contributed by atoms with Gasteiger partial charge < -0.3 is 4.42 Å². The van der Waals surface area contributed by atoms with Crippen LogP contribution in [-0.2, 0) is 10.0 Å². The number of nitrogens with zero attached hydrogens (tertiary/aromatic N) is 1. The van der Waals surface area contributed by atoms with E-state index in [2.05, 4.69) is 9.71 Å². The van der Waals surface area contributed by atoms with Crippen molar-refractivity contribution < 1.29 is 12.8 Å². The molecule has 0 radical (unpaired) electrons. The summed E-state index contributed by atoms with van der Waals surface area (Å²) in [5.41, 5.74) is 1.38. The zero-order valence-electron chi connectivity index (χ0n) is 10.2. The molecule has 2 aromatic rings. The van der Waals surface area contributed by atoms with Crippen LogP contribution in [0.4, 0.5) is 0 Å². The van der Waals surface area contributed by atoms with E-state index in [0.29, 0.717) is 33.5 Å². The van der Waals surface area contributed by atoms with Gasteiger partial charge in [0.05, 0.1) is 5.75 Å². The molecule has 0 saturated heterocycles. The average molecular weight is 321 g/mol. The predicted molar refractivity (Wildman–Crippen MR) is 77.2 cm³/mol. The highest BCUT2D eigenvalue weighted by Gasteiger charge is 2.09. The van der Waals surface area contributed by atoms with E-state index >= 15 is 0 Å². The van der Waals surface area contributed by atoms with E-state index in [0.717, 1.165) is 0 Å². The summed E-state index contributed by atoms with van der Waals surface area (Å²) in [7, 11) is -1.73. The first-order valence-corrected chi connectivity index (χ1v) is 8.62. The number of halogens is 1. The predicted octanol–water partition coefficient (Wildman–Crippen LogP) is 2.51. The highest BCUT2D eigenvalue weighted by Crippen LogP contribution is 2.25. The maximum Gasteiger partial charge on any atom is 0.256 e. The van der Waals surface area contributed by atoms with Crippen molar-refractivity contribution in [3.05, 3.63) is 23.2 Å². The molecule has 0 aliphatic carbocycles. The summed E-state index contributed by atoms with van der Waals surface area (Å²) in [6.45, 7) is 0. The lowest BCUT2D eigenvalue weighted by molar-refractivity contribution is 0.489. The Hall–Kier alpha value is -0.760. The van der Waals surface area contributed by atoms with Crippen LogP contribution >= 0.6 is 23.4 Å². The topological polar surface area (TPSA) is 72.2 Å². The largest absolute Gasteiger partial charge is 0.431 e. The van der Waals surface area contributed by atoms with Gasteiger partial charge in [-0.05, 0) is 31.7 Å². The van der Waals surface area contributed by atoms with Gasteiger partial charge in [0.1, 0.15) is 5.52 Å². The Morgan fingerprint density at radius 2 is 2.26 bits per heavy atom. The van der Waals surface area contributed by atoms with Crippen LogP contribution < -0.4 is 4.72 Å². The SMILES string of the molecule is CNS(=O)(=O)CCCSc1nc2cc(Cl)ccc2o1. The van der Waals surface area contributed by atoms with Gasteiger partial charge in [0, 0.05) is 10.8 Å². The molecule has 104 valence electrons. The van der Waals surface area contributed by atoms with Gasteiger partial charge >= 0.3 is 0 Å². The quantitative estimate of drug-likeness (QED) is 0.654. The summed E-state index contributed by atoms with van der Waals surface area (Å²) in [6, 6.07) is 5.24. The summed E-state index contributed by atoms with van der Waals surface area (Å²) < 4.78 is 30.2. The fraction of sp³-hybridized carbons (Fsp3) is 0.364. The van der Waals surface area contributed by atoms with E-state index in [1.165, 1.54) is 18.8 Å². The number of hydrogen-bond donors (Lipinski definition) is 1. The first-order chi connectivity index (χ1) is 9.00. The molecule has 0 atom stereocenters. The van der Waals surface area contributed by atoms with Gasteiger partial charge in [-0.3, -0.25) is 0 Å². The molecule has 0 amide bonds. The van der Waals surface area contributed by atoms with E-state index < -0.39 is 10.0 Å². The minimum atomic E-state index is -3.14. The van der Waals surface area contributed by atoms with Crippen LogP contribution in [0.25, 0.3) is 11.1 Å². The highest BCUT2D eigenvalue weighted by molar-refractivity contribution is 7.99. The lowest BCUT2D eigenvalue weighted by atomic mass is 10.3. The van der Waals surface area contributed by atoms with Gasteiger partial charge in [-0.2, -0.15) is 0 Å². The highest BCUT2D eigenvalue weighted by atomic mass is 35.5. The van der Waals surface area contributed by atoms with Crippen molar-refractivity contribution in [1.82, 2.24) is 9.71 Å². The van der Waals surface area contributed by atoms with Crippen LogP contribution in [0.2, 0.25) is 5.02 Å². The van der Waals surface area contributed by atoms with Crippen molar-refractivity contribution in [2.24, 2.45) is 0 Å². The lowest BCUT2D eigenvalue weighted by Crippen LogP contribution is -2.22. The molecule has 0 spiro atoms. The Morgan fingerprint density at radius 1 is 1.47 bits per heavy atom. The Morgan fingerprint density at radius 3 is 3.00 bits per heavy atom. The molecule has 0 bridgehead atoms. The van der Waals surface area contributed by atoms with Crippen LogP contribution in [-0.4, -0.2) is 32.0 Å². The summed E-state index contributed by atoms with van der Waals surface area (Å²) in [4.78, 5) is 4.27. The monoisotopic (exact) mass is 320 g/mol. The minimum Gasteiger partial charge on any atom is -0.431 e. The molecular formula is C11H13ClN2O3S2. The van der Waals surface area contributed by atoms with Crippen molar-refractivity contribution in [3.8, 4) is 0 Å². The number of hydrogen-bond acceptors (Lipinski definition) is 5. The zero-order valence-corrected chi connectivity index (χ0v) is 12.6. The van der Waals surface area contributed by atoms with Gasteiger partial charge in [-0.15, -0.1) is 0 Å². The van der Waals surface area contributed by atoms with Crippen LogP contribution in [0.1, 0.15) is 6.42 Å². The molecule has 2 rings (SSSR count). The molecule has 19 heavy (non-hydrogen) atoms. The number of thioether (sulfide) groups is 1. The molecule has 0 aliphatic heterocycles. The van der Waals surface area contributed by atoms with Crippen molar-refractivity contribution in [2.75, 3.05) is 18.6 Å². The smallest absolute Gasteiger partial charge is 0.256 e. The van der Waals surface area contributed by atoms with Gasteiger partial charge in [-0.1, -0.05) is 23.4 Å². The van der Waals surface area contributed by atoms with Crippen molar-refractivity contribution >= 4 is 44.5 Å². The van der Waals surface area contributed by atoms with E-state index in [1.54, 1.807) is 18.2 Å². The summed E-state index contributed by atoms with van der Waals surface area (Å²) in [5, 5.41) is 1.14. The first kappa shape index (κ1) is 14.6. The van der Waals surface area contributed by atoms with Crippen molar-refractivity contribution in [2.45, 2.75) is 11.6 Å². The molecule has 5 nitrogen and oxygen atoms in total. The fourth-order valence-corrected chi connectivity index (χ4v) is 3.30. The number of nitrogens with one attached hydrogen (secondary N) is 1. The normalized spacial score (nSPS) is 12.1. The molecule has 0 saturated carbocycles. The third kappa shape index (κ3) is 4.10. The molecule has 1 N–H and O–H groups in total. The Labute approximate surface area is 120 Å². The van der Waals surface area contributed by atoms with Crippen LogP contribution in [0.3, 0.4) is 0 Å². The van der Waals surface area contributed by atoms with Gasteiger partial charge in [0.2, 0.25) is 10.0 Å². The Bertz CT molecular complexity index is 670. The average Bonchev–Trinajstić information content (AvgIpc) is 2.76. The van der Waals surface area contributed by atoms with E-state index in [-0.39, 0.29) is 5.75 Å². The molecule has 0 fully saturated rings. The third-order valence-corrected chi connectivity index (χ3v) is 5.02. The van der Waals surface area contributed by atoms with Crippen molar-refractivity contribution in [1.29, 1.82) is 0 Å². The number of fused-ring (bicyclic) bond motifs is 1. The lowest BCUT2D eigenvalue weighted by Gasteiger charge is -2.00. The second-order valence-corrected chi connectivity index (χ2v) is 7.35. The standard InChI is InChI=1S/C11H13ClN2O3S2/c1-13-19(15,16)6-2-5-18-11-14-9-7-8(12)3-4-10(9)17-11/h3-4,7,13H,2,5-6H2,1H3. The number of sulfonamides is 1. The van der Waals surface area contributed by atoms with Gasteiger partial charge in [-0.25, -0.2) is 18.1 Å². The first-order valence-electron chi connectivity index (χ1n) is 5.60. The van der Waals surface area contributed by atoms with Crippen LogP contribution in [0.5, 0.6) is 0 Å². The Balaban J connectivity index is 1.92. The fourth-order valence-electron chi connectivity index (χ4n) is 1.45. The number of rotatable bonds is 6. The second-order valence-electron chi connectivity index (χ2n) is 3.82. The Kier molecular flexibility index (Phi) is 4.72. The molecule has 1 heterocycles. The molecule has 0 unspecified atom stereocenters. The summed E-state index contributed by atoms with van der Waals surface area (Å²) in [5.74, 6) is 0.726. The molecule has 1 aromatic heterocycles. The van der Waals surface area contributed by atoms with Crippen molar-refractivity contribution in [3.63, 3.8) is 0 Å². The number of benzene rings is 1. The van der Waals surface area contributed by atoms with E-state index in [9.17, 15) is 8.42 Å². The third-order valence-electron chi connectivity index (χ3n) is 2.42. The zero-order chi connectivity index (χ0) is 13.9. The van der Waals surface area contributed by atoms with Crippen LogP contribution in [0.15, 0.2) is 27.8 Å². The van der Waals surface area contributed by atoms with E-state index in [1.807, 2.05) is 0 Å². The molecular weight excluding hydrogens is 308 g/mol. The molecule has 1 aromatic carbocycles. The number of oxazole rings is 1. The number of aromatic nitrogens is 1. The second kappa shape index (κ2) is 6.13. The summed E-state index contributed by atoms with van der Waals surface area (Å²) in [6.07, 6.45) is 0.535. The van der Waals surface area contributed by atoms with E-state index in [4.69, 9.17) is 16.0 Å². The molecule has 0 aliphatic rings.